The Hall–Kier alpha value is -3.06. The summed E-state index contributed by atoms with van der Waals surface area (Å²) in [4.78, 5) is 24.6. The Morgan fingerprint density at radius 1 is 1.15 bits per heavy atom. The molecule has 26 heavy (non-hydrogen) atoms. The first-order valence-corrected chi connectivity index (χ1v) is 8.34. The Morgan fingerprint density at radius 3 is 2.65 bits per heavy atom. The SMILES string of the molecule is COc1ccc(NC(=O)c2cccc(NC(=O)C3CCCO3)c2)cc1N. The molecule has 2 aromatic carbocycles. The van der Waals surface area contributed by atoms with E-state index in [1.807, 2.05) is 0 Å². The van der Waals surface area contributed by atoms with Crippen LogP contribution in [-0.4, -0.2) is 31.6 Å². The summed E-state index contributed by atoms with van der Waals surface area (Å²) in [5, 5.41) is 5.56. The van der Waals surface area contributed by atoms with E-state index in [1.54, 1.807) is 42.5 Å². The molecule has 2 amide bonds. The van der Waals surface area contributed by atoms with Crippen LogP contribution < -0.4 is 21.1 Å². The molecule has 1 aliphatic heterocycles. The van der Waals surface area contributed by atoms with Gasteiger partial charge in [-0.2, -0.15) is 0 Å². The van der Waals surface area contributed by atoms with Gasteiger partial charge in [0.05, 0.1) is 12.8 Å². The first-order valence-electron chi connectivity index (χ1n) is 8.34. The van der Waals surface area contributed by atoms with Gasteiger partial charge in [-0.1, -0.05) is 6.07 Å². The molecule has 136 valence electrons. The molecule has 7 nitrogen and oxygen atoms in total. The summed E-state index contributed by atoms with van der Waals surface area (Å²) >= 11 is 0. The van der Waals surface area contributed by atoms with Gasteiger partial charge in [-0.15, -0.1) is 0 Å². The van der Waals surface area contributed by atoms with Crippen LogP contribution >= 0.6 is 0 Å². The standard InChI is InChI=1S/C19H21N3O4/c1-25-16-8-7-14(11-15(16)20)21-18(23)12-4-2-5-13(10-12)22-19(24)17-6-3-9-26-17/h2,4-5,7-8,10-11,17H,3,6,9,20H2,1H3,(H,21,23)(H,22,24). The molecule has 1 unspecified atom stereocenters. The molecule has 0 spiro atoms. The summed E-state index contributed by atoms with van der Waals surface area (Å²) in [5.74, 6) is 0.0487. The van der Waals surface area contributed by atoms with Crippen LogP contribution in [0, 0.1) is 0 Å². The molecule has 1 aliphatic rings. The Morgan fingerprint density at radius 2 is 1.96 bits per heavy atom. The fraction of sp³-hybridized carbons (Fsp3) is 0.263. The second-order valence-electron chi connectivity index (χ2n) is 5.98. The van der Waals surface area contributed by atoms with Gasteiger partial charge in [0, 0.05) is 23.5 Å². The predicted molar refractivity (Wildman–Crippen MR) is 99.4 cm³/mol. The van der Waals surface area contributed by atoms with Gasteiger partial charge in [-0.3, -0.25) is 9.59 Å². The normalized spacial score (nSPS) is 16.1. The molecular formula is C19H21N3O4. The fourth-order valence-electron chi connectivity index (χ4n) is 2.76. The highest BCUT2D eigenvalue weighted by molar-refractivity contribution is 6.05. The highest BCUT2D eigenvalue weighted by atomic mass is 16.5. The lowest BCUT2D eigenvalue weighted by atomic mass is 10.1. The average molecular weight is 355 g/mol. The van der Waals surface area contributed by atoms with E-state index in [2.05, 4.69) is 10.6 Å². The number of benzene rings is 2. The molecule has 0 aromatic heterocycles. The Labute approximate surface area is 151 Å². The molecule has 1 atom stereocenters. The quantitative estimate of drug-likeness (QED) is 0.716. The van der Waals surface area contributed by atoms with E-state index in [1.165, 1.54) is 7.11 Å². The minimum absolute atomic E-state index is 0.192. The molecule has 1 fully saturated rings. The van der Waals surface area contributed by atoms with Crippen LogP contribution in [0.4, 0.5) is 17.1 Å². The number of nitrogen functional groups attached to an aromatic ring is 1. The number of amides is 2. The van der Waals surface area contributed by atoms with Gasteiger partial charge in [0.15, 0.2) is 0 Å². The van der Waals surface area contributed by atoms with Crippen molar-refractivity contribution in [2.75, 3.05) is 30.1 Å². The zero-order valence-corrected chi connectivity index (χ0v) is 14.5. The maximum Gasteiger partial charge on any atom is 0.255 e. The molecular weight excluding hydrogens is 334 g/mol. The monoisotopic (exact) mass is 355 g/mol. The highest BCUT2D eigenvalue weighted by Gasteiger charge is 2.23. The summed E-state index contributed by atoms with van der Waals surface area (Å²) < 4.78 is 10.5. The van der Waals surface area contributed by atoms with Crippen molar-refractivity contribution >= 4 is 28.9 Å². The molecule has 0 bridgehead atoms. The molecule has 2 aromatic rings. The van der Waals surface area contributed by atoms with Gasteiger partial charge in [0.2, 0.25) is 0 Å². The van der Waals surface area contributed by atoms with Crippen LogP contribution in [0.15, 0.2) is 42.5 Å². The van der Waals surface area contributed by atoms with Crippen molar-refractivity contribution in [2.45, 2.75) is 18.9 Å². The van der Waals surface area contributed by atoms with Gasteiger partial charge in [-0.05, 0) is 49.2 Å². The van der Waals surface area contributed by atoms with Crippen LogP contribution in [0.1, 0.15) is 23.2 Å². The van der Waals surface area contributed by atoms with Crippen molar-refractivity contribution < 1.29 is 19.1 Å². The van der Waals surface area contributed by atoms with Crippen molar-refractivity contribution in [2.24, 2.45) is 0 Å². The molecule has 3 rings (SSSR count). The fourth-order valence-corrected chi connectivity index (χ4v) is 2.76. The minimum atomic E-state index is -0.422. The average Bonchev–Trinajstić information content (AvgIpc) is 3.17. The van der Waals surface area contributed by atoms with Crippen LogP contribution in [-0.2, 0) is 9.53 Å². The molecule has 1 heterocycles. The molecule has 0 aliphatic carbocycles. The van der Waals surface area contributed by atoms with Crippen molar-refractivity contribution in [1.82, 2.24) is 0 Å². The second-order valence-corrected chi connectivity index (χ2v) is 5.98. The number of hydrogen-bond acceptors (Lipinski definition) is 5. The van der Waals surface area contributed by atoms with E-state index in [-0.39, 0.29) is 11.8 Å². The number of methoxy groups -OCH3 is 1. The van der Waals surface area contributed by atoms with Crippen molar-refractivity contribution in [3.63, 3.8) is 0 Å². The van der Waals surface area contributed by atoms with E-state index in [0.717, 1.165) is 6.42 Å². The lowest BCUT2D eigenvalue weighted by molar-refractivity contribution is -0.124. The number of rotatable bonds is 5. The predicted octanol–water partition coefficient (Wildman–Crippen LogP) is 2.65. The number of anilines is 3. The number of nitrogens with one attached hydrogen (secondary N) is 2. The Kier molecular flexibility index (Phi) is 5.38. The van der Waals surface area contributed by atoms with Crippen LogP contribution in [0.25, 0.3) is 0 Å². The topological polar surface area (TPSA) is 103 Å². The lowest BCUT2D eigenvalue weighted by Crippen LogP contribution is -2.27. The lowest BCUT2D eigenvalue weighted by Gasteiger charge is -2.12. The molecule has 1 saturated heterocycles. The molecule has 4 N–H and O–H groups in total. The maximum atomic E-state index is 12.5. The van der Waals surface area contributed by atoms with E-state index < -0.39 is 6.10 Å². The van der Waals surface area contributed by atoms with Crippen molar-refractivity contribution in [3.05, 3.63) is 48.0 Å². The maximum absolute atomic E-state index is 12.5. The van der Waals surface area contributed by atoms with E-state index in [0.29, 0.717) is 41.4 Å². The van der Waals surface area contributed by atoms with Gasteiger partial charge >= 0.3 is 0 Å². The van der Waals surface area contributed by atoms with Crippen molar-refractivity contribution in [3.8, 4) is 5.75 Å². The first kappa shape index (κ1) is 17.8. The molecule has 0 saturated carbocycles. The first-order chi connectivity index (χ1) is 12.6. The zero-order chi connectivity index (χ0) is 18.5. The zero-order valence-electron chi connectivity index (χ0n) is 14.5. The summed E-state index contributed by atoms with van der Waals surface area (Å²) in [6.07, 6.45) is 1.17. The summed E-state index contributed by atoms with van der Waals surface area (Å²) in [7, 11) is 1.53. The Bertz CT molecular complexity index is 816. The number of nitrogens with two attached hydrogens (primary N) is 1. The minimum Gasteiger partial charge on any atom is -0.495 e. The number of hydrogen-bond donors (Lipinski definition) is 3. The van der Waals surface area contributed by atoms with Gasteiger partial charge in [0.1, 0.15) is 11.9 Å². The van der Waals surface area contributed by atoms with Crippen LogP contribution in [0.5, 0.6) is 5.75 Å². The van der Waals surface area contributed by atoms with E-state index in [4.69, 9.17) is 15.2 Å². The molecule has 7 heteroatoms. The number of carbonyl (C=O) groups is 2. The van der Waals surface area contributed by atoms with Gasteiger partial charge in [0.25, 0.3) is 11.8 Å². The van der Waals surface area contributed by atoms with E-state index >= 15 is 0 Å². The summed E-state index contributed by atoms with van der Waals surface area (Å²) in [6.45, 7) is 0.603. The largest absolute Gasteiger partial charge is 0.495 e. The third-order valence-electron chi connectivity index (χ3n) is 4.10. The second kappa shape index (κ2) is 7.88. The molecule has 0 radical (unpaired) electrons. The third kappa shape index (κ3) is 4.12. The summed E-state index contributed by atoms with van der Waals surface area (Å²) in [5.41, 5.74) is 7.81. The van der Waals surface area contributed by atoms with E-state index in [9.17, 15) is 9.59 Å². The highest BCUT2D eigenvalue weighted by Crippen LogP contribution is 2.25. The van der Waals surface area contributed by atoms with Crippen molar-refractivity contribution in [1.29, 1.82) is 0 Å². The Balaban J connectivity index is 1.67. The number of carbonyl (C=O) groups excluding carboxylic acids is 2. The van der Waals surface area contributed by atoms with Crippen LogP contribution in [0.3, 0.4) is 0 Å². The van der Waals surface area contributed by atoms with Crippen LogP contribution in [0.2, 0.25) is 0 Å². The number of ether oxygens (including phenoxy) is 2. The smallest absolute Gasteiger partial charge is 0.255 e. The third-order valence-corrected chi connectivity index (χ3v) is 4.10. The summed E-state index contributed by atoms with van der Waals surface area (Å²) in [6, 6.07) is 11.7. The van der Waals surface area contributed by atoms with Gasteiger partial charge in [-0.25, -0.2) is 0 Å². The van der Waals surface area contributed by atoms with Gasteiger partial charge < -0.3 is 25.8 Å².